The number of nitrogens with zero attached hydrogens (tertiary/aromatic N) is 4. The van der Waals surface area contributed by atoms with Crippen LogP contribution in [0.2, 0.25) is 0 Å². The second kappa shape index (κ2) is 19.5. The van der Waals surface area contributed by atoms with Gasteiger partial charge in [-0.2, -0.15) is 8.75 Å². The Hall–Kier alpha value is -7.17. The van der Waals surface area contributed by atoms with Crippen LogP contribution in [0.5, 0.6) is 0 Å². The number of anilines is 6. The highest BCUT2D eigenvalue weighted by Crippen LogP contribution is 2.44. The van der Waals surface area contributed by atoms with Crippen molar-refractivity contribution in [2.75, 3.05) is 16.9 Å². The molecule has 3 aromatic heterocycles. The number of para-hydroxylation sites is 2. The number of thiophene rings is 2. The largest absolute Gasteiger partial charge is 0.469 e. The summed E-state index contributed by atoms with van der Waals surface area (Å²) in [4.78, 5) is 21.0. The zero-order valence-electron chi connectivity index (χ0n) is 36.6. The van der Waals surface area contributed by atoms with Crippen molar-refractivity contribution in [2.45, 2.75) is 32.6 Å². The standard InChI is InChI=1S/C57H46N4O2S3/c1-3-10-39-15-24-45(25-16-39)60(43-11-6-4-7-12-43)47-28-20-41(21-29-47)51-34-36-53(64-51)49-32-33-50(57-56(49)58-66-59-57)54-37-35-52(65-54)42-22-30-48(31-23-42)61(44-13-8-5-9-14-44)46-26-17-40(18-27-46)19-38-55(62)63-2/h4-9,11-18,20-37H,3,10,19,38H2,1-2H3. The number of benzene rings is 7. The SMILES string of the molecule is CCCc1ccc(N(c2ccccc2)c2ccc(-c3ccc(-c4ccc(-c5ccc(-c6ccc(N(c7ccccc7)c7ccc(CCC(=O)OC)cc7)cc6)s5)c5nsnc45)s3)cc2)cc1. The number of hydrogen-bond donors (Lipinski definition) is 0. The summed E-state index contributed by atoms with van der Waals surface area (Å²) in [5.41, 5.74) is 15.4. The van der Waals surface area contributed by atoms with Crippen molar-refractivity contribution in [1.29, 1.82) is 0 Å². The van der Waals surface area contributed by atoms with Crippen LogP contribution in [0.4, 0.5) is 34.1 Å². The molecule has 0 N–H and O–H groups in total. The number of carbonyl (C=O) groups excluding carboxylic acids is 1. The average molecular weight is 915 g/mol. The molecule has 0 radical (unpaired) electrons. The van der Waals surface area contributed by atoms with E-state index in [2.05, 4.69) is 205 Å². The fourth-order valence-corrected chi connectivity index (χ4v) is 11.0. The smallest absolute Gasteiger partial charge is 0.305 e. The minimum atomic E-state index is -0.201. The van der Waals surface area contributed by atoms with Crippen LogP contribution in [0.15, 0.2) is 194 Å². The first-order valence-electron chi connectivity index (χ1n) is 22.1. The number of ether oxygens (including phenoxy) is 1. The first-order valence-corrected chi connectivity index (χ1v) is 24.5. The molecule has 0 bridgehead atoms. The van der Waals surface area contributed by atoms with Gasteiger partial charge in [-0.1, -0.05) is 110 Å². The minimum Gasteiger partial charge on any atom is -0.469 e. The third-order valence-electron chi connectivity index (χ3n) is 11.8. The molecule has 0 amide bonds. The number of aryl methyl sites for hydroxylation is 2. The van der Waals surface area contributed by atoms with E-state index in [1.165, 1.54) is 44.6 Å². The van der Waals surface area contributed by atoms with Gasteiger partial charge in [0.2, 0.25) is 0 Å². The fourth-order valence-electron chi connectivity index (χ4n) is 8.40. The summed E-state index contributed by atoms with van der Waals surface area (Å²) in [5, 5.41) is 0. The maximum atomic E-state index is 11.7. The zero-order valence-corrected chi connectivity index (χ0v) is 39.1. The van der Waals surface area contributed by atoms with E-state index in [0.29, 0.717) is 12.8 Å². The molecule has 0 atom stereocenters. The van der Waals surface area contributed by atoms with Gasteiger partial charge in [-0.15, -0.1) is 22.7 Å². The minimum absolute atomic E-state index is 0.201. The highest BCUT2D eigenvalue weighted by Gasteiger charge is 2.19. The Kier molecular flexibility index (Phi) is 12.6. The molecule has 0 saturated carbocycles. The molecule has 0 spiro atoms. The highest BCUT2D eigenvalue weighted by molar-refractivity contribution is 7.19. The lowest BCUT2D eigenvalue weighted by Gasteiger charge is -2.25. The van der Waals surface area contributed by atoms with Gasteiger partial charge in [0.15, 0.2) is 0 Å². The number of aromatic nitrogens is 2. The van der Waals surface area contributed by atoms with Gasteiger partial charge in [0.25, 0.3) is 0 Å². The topological polar surface area (TPSA) is 58.6 Å². The molecule has 3 heterocycles. The summed E-state index contributed by atoms with van der Waals surface area (Å²) in [5.74, 6) is -0.201. The Morgan fingerprint density at radius 1 is 0.455 bits per heavy atom. The van der Waals surface area contributed by atoms with Crippen molar-refractivity contribution in [2.24, 2.45) is 0 Å². The normalized spacial score (nSPS) is 11.2. The van der Waals surface area contributed by atoms with Gasteiger partial charge in [0.05, 0.1) is 18.8 Å². The first kappa shape index (κ1) is 42.8. The van der Waals surface area contributed by atoms with Crippen molar-refractivity contribution in [1.82, 2.24) is 8.75 Å². The van der Waals surface area contributed by atoms with Gasteiger partial charge in [0.1, 0.15) is 11.0 Å². The third kappa shape index (κ3) is 9.06. The lowest BCUT2D eigenvalue weighted by atomic mass is 10.1. The van der Waals surface area contributed by atoms with Gasteiger partial charge in [-0.3, -0.25) is 4.79 Å². The van der Waals surface area contributed by atoms with E-state index < -0.39 is 0 Å². The molecule has 66 heavy (non-hydrogen) atoms. The van der Waals surface area contributed by atoms with Crippen LogP contribution in [0.25, 0.3) is 52.8 Å². The molecule has 0 fully saturated rings. The summed E-state index contributed by atoms with van der Waals surface area (Å²) < 4.78 is 14.5. The second-order valence-electron chi connectivity index (χ2n) is 16.0. The maximum Gasteiger partial charge on any atom is 0.305 e. The van der Waals surface area contributed by atoms with Crippen LogP contribution in [0.3, 0.4) is 0 Å². The fraction of sp³-hybridized carbons (Fsp3) is 0.105. The number of rotatable bonds is 15. The van der Waals surface area contributed by atoms with Gasteiger partial charge >= 0.3 is 5.97 Å². The molecule has 324 valence electrons. The van der Waals surface area contributed by atoms with Crippen LogP contribution in [0, 0.1) is 0 Å². The van der Waals surface area contributed by atoms with E-state index in [0.717, 1.165) is 85.1 Å². The lowest BCUT2D eigenvalue weighted by molar-refractivity contribution is -0.140. The van der Waals surface area contributed by atoms with E-state index in [9.17, 15) is 4.79 Å². The number of methoxy groups -OCH3 is 1. The average Bonchev–Trinajstić information content (AvgIpc) is 4.19. The molecule has 6 nitrogen and oxygen atoms in total. The quantitative estimate of drug-likeness (QED) is 0.0955. The van der Waals surface area contributed by atoms with E-state index in [4.69, 9.17) is 13.5 Å². The van der Waals surface area contributed by atoms with E-state index in [-0.39, 0.29) is 5.97 Å². The predicted molar refractivity (Wildman–Crippen MR) is 279 cm³/mol. The van der Waals surface area contributed by atoms with Crippen LogP contribution >= 0.6 is 34.4 Å². The van der Waals surface area contributed by atoms with E-state index in [1.54, 1.807) is 22.7 Å². The molecule has 7 aromatic carbocycles. The molecule has 0 unspecified atom stereocenters. The summed E-state index contributed by atoms with van der Waals surface area (Å²) >= 11 is 4.82. The highest BCUT2D eigenvalue weighted by atomic mass is 32.1. The summed E-state index contributed by atoms with van der Waals surface area (Å²) in [7, 11) is 1.43. The number of carbonyl (C=O) groups is 1. The van der Waals surface area contributed by atoms with Crippen molar-refractivity contribution in [3.63, 3.8) is 0 Å². The third-order valence-corrected chi connectivity index (χ3v) is 14.6. The van der Waals surface area contributed by atoms with Gasteiger partial charge < -0.3 is 14.5 Å². The Balaban J connectivity index is 0.874. The van der Waals surface area contributed by atoms with Crippen molar-refractivity contribution < 1.29 is 9.53 Å². The summed E-state index contributed by atoms with van der Waals surface area (Å²) in [6, 6.07) is 69.2. The molecule has 10 rings (SSSR count). The molecule has 0 aliphatic rings. The van der Waals surface area contributed by atoms with E-state index in [1.807, 2.05) is 6.07 Å². The van der Waals surface area contributed by atoms with Crippen LogP contribution in [-0.2, 0) is 22.4 Å². The van der Waals surface area contributed by atoms with Crippen molar-refractivity contribution in [3.8, 4) is 41.8 Å². The molecule has 9 heteroatoms. The maximum absolute atomic E-state index is 11.7. The molecule has 10 aromatic rings. The Bertz CT molecular complexity index is 3200. The Morgan fingerprint density at radius 2 is 0.833 bits per heavy atom. The zero-order chi connectivity index (χ0) is 44.8. The summed E-state index contributed by atoms with van der Waals surface area (Å²) in [6.07, 6.45) is 3.22. The molecule has 0 aliphatic carbocycles. The number of fused-ring (bicyclic) bond motifs is 1. The Labute approximate surface area is 398 Å². The van der Waals surface area contributed by atoms with Crippen molar-refractivity contribution in [3.05, 3.63) is 205 Å². The molecule has 0 aliphatic heterocycles. The van der Waals surface area contributed by atoms with Crippen molar-refractivity contribution >= 4 is 85.5 Å². The molecular weight excluding hydrogens is 869 g/mol. The monoisotopic (exact) mass is 914 g/mol. The molecular formula is C57H46N4O2S3. The van der Waals surface area contributed by atoms with Crippen LogP contribution < -0.4 is 9.80 Å². The van der Waals surface area contributed by atoms with E-state index >= 15 is 0 Å². The predicted octanol–water partition coefficient (Wildman–Crippen LogP) is 16.5. The summed E-state index contributed by atoms with van der Waals surface area (Å²) in [6.45, 7) is 2.22. The van der Waals surface area contributed by atoms with Gasteiger partial charge in [-0.25, -0.2) is 0 Å². The van der Waals surface area contributed by atoms with Gasteiger partial charge in [-0.05, 0) is 132 Å². The second-order valence-corrected chi connectivity index (χ2v) is 18.7. The Morgan fingerprint density at radius 3 is 1.24 bits per heavy atom. The molecule has 0 saturated heterocycles. The lowest BCUT2D eigenvalue weighted by Crippen LogP contribution is -2.10. The van der Waals surface area contributed by atoms with Crippen LogP contribution in [0.1, 0.15) is 30.9 Å². The van der Waals surface area contributed by atoms with Gasteiger partial charge in [0, 0.05) is 71.2 Å². The van der Waals surface area contributed by atoms with Crippen LogP contribution in [-0.4, -0.2) is 21.8 Å². The number of esters is 1. The number of hydrogen-bond acceptors (Lipinski definition) is 9. The first-order chi connectivity index (χ1) is 32.5.